The van der Waals surface area contributed by atoms with Crippen LogP contribution in [0, 0.1) is 0 Å². The lowest BCUT2D eigenvalue weighted by molar-refractivity contribution is -0.138. The molecule has 1 rings (SSSR count). The molecule has 0 saturated heterocycles. The van der Waals surface area contributed by atoms with E-state index < -0.39 is 12.0 Å². The van der Waals surface area contributed by atoms with Crippen LogP contribution in [-0.2, 0) is 17.8 Å². The summed E-state index contributed by atoms with van der Waals surface area (Å²) < 4.78 is 1.63. The van der Waals surface area contributed by atoms with Crippen LogP contribution in [0.4, 0.5) is 0 Å². The third kappa shape index (κ3) is 2.25. The second-order valence-corrected chi connectivity index (χ2v) is 2.64. The summed E-state index contributed by atoms with van der Waals surface area (Å²) in [5.74, 6) is -0.414. The number of aliphatic carboxylic acids is 1. The zero-order valence-electron chi connectivity index (χ0n) is 7.34. The van der Waals surface area contributed by atoms with Crippen LogP contribution in [0.5, 0.6) is 0 Å². The zero-order chi connectivity index (χ0) is 9.84. The van der Waals surface area contributed by atoms with Gasteiger partial charge in [-0.2, -0.15) is 5.10 Å². The lowest BCUT2D eigenvalue weighted by Crippen LogP contribution is -2.33. The largest absolute Gasteiger partial charge is 0.480 e. The van der Waals surface area contributed by atoms with Gasteiger partial charge >= 0.3 is 5.97 Å². The van der Waals surface area contributed by atoms with Gasteiger partial charge in [-0.1, -0.05) is 0 Å². The minimum atomic E-state index is -1.02. The summed E-state index contributed by atoms with van der Waals surface area (Å²) in [6, 6.07) is -0.908. The Morgan fingerprint density at radius 2 is 2.54 bits per heavy atom. The van der Waals surface area contributed by atoms with Crippen molar-refractivity contribution in [2.45, 2.75) is 25.9 Å². The van der Waals surface area contributed by atoms with Crippen LogP contribution in [0.25, 0.3) is 0 Å². The van der Waals surface area contributed by atoms with Crippen LogP contribution in [0.1, 0.15) is 12.7 Å². The molecule has 13 heavy (non-hydrogen) atoms. The quantitative estimate of drug-likeness (QED) is 0.642. The molecule has 3 N–H and O–H groups in total. The fourth-order valence-electron chi connectivity index (χ4n) is 0.994. The minimum Gasteiger partial charge on any atom is -0.480 e. The first kappa shape index (κ1) is 9.66. The van der Waals surface area contributed by atoms with Crippen LogP contribution in [0.3, 0.4) is 0 Å². The summed E-state index contributed by atoms with van der Waals surface area (Å²) in [4.78, 5) is 14.4. The number of hydrogen-bond acceptors (Lipinski definition) is 4. The summed E-state index contributed by atoms with van der Waals surface area (Å²) in [5, 5.41) is 12.5. The van der Waals surface area contributed by atoms with E-state index in [0.717, 1.165) is 0 Å². The van der Waals surface area contributed by atoms with E-state index in [2.05, 4.69) is 10.1 Å². The summed E-state index contributed by atoms with van der Waals surface area (Å²) in [5.41, 5.74) is 5.35. The smallest absolute Gasteiger partial charge is 0.320 e. The number of hydrogen-bond donors (Lipinski definition) is 2. The van der Waals surface area contributed by atoms with E-state index in [0.29, 0.717) is 12.4 Å². The Balaban J connectivity index is 2.68. The highest BCUT2D eigenvalue weighted by Crippen LogP contribution is 1.97. The molecule has 0 spiro atoms. The summed E-state index contributed by atoms with van der Waals surface area (Å²) in [6.45, 7) is 2.58. The van der Waals surface area contributed by atoms with E-state index in [4.69, 9.17) is 10.8 Å². The molecule has 0 saturated carbocycles. The van der Waals surface area contributed by atoms with Crippen LogP contribution in [-0.4, -0.2) is 31.9 Å². The molecule has 0 aliphatic rings. The summed E-state index contributed by atoms with van der Waals surface area (Å²) in [6.07, 6.45) is 1.61. The van der Waals surface area contributed by atoms with Gasteiger partial charge < -0.3 is 10.8 Å². The van der Waals surface area contributed by atoms with Crippen LogP contribution >= 0.6 is 0 Å². The van der Waals surface area contributed by atoms with Gasteiger partial charge in [-0.25, -0.2) is 4.98 Å². The van der Waals surface area contributed by atoms with Crippen molar-refractivity contribution in [3.63, 3.8) is 0 Å². The number of carboxylic acid groups (broad SMARTS) is 1. The maximum Gasteiger partial charge on any atom is 0.320 e. The lowest BCUT2D eigenvalue weighted by Gasteiger charge is -2.05. The number of carbonyl (C=O) groups is 1. The van der Waals surface area contributed by atoms with Gasteiger partial charge in [-0.05, 0) is 6.92 Å². The molecule has 0 aliphatic carbocycles. The van der Waals surface area contributed by atoms with Crippen molar-refractivity contribution < 1.29 is 9.90 Å². The normalized spacial score (nSPS) is 12.8. The molecule has 0 bridgehead atoms. The van der Waals surface area contributed by atoms with Crippen molar-refractivity contribution in [2.75, 3.05) is 0 Å². The first-order valence-electron chi connectivity index (χ1n) is 4.00. The van der Waals surface area contributed by atoms with Gasteiger partial charge in [-0.15, -0.1) is 0 Å². The van der Waals surface area contributed by atoms with E-state index >= 15 is 0 Å². The Kier molecular flexibility index (Phi) is 2.97. The van der Waals surface area contributed by atoms with Gasteiger partial charge in [0.15, 0.2) is 0 Å². The fourth-order valence-corrected chi connectivity index (χ4v) is 0.994. The van der Waals surface area contributed by atoms with Gasteiger partial charge in [-0.3, -0.25) is 9.48 Å². The monoisotopic (exact) mass is 184 g/mol. The van der Waals surface area contributed by atoms with Gasteiger partial charge in [0.2, 0.25) is 0 Å². The Bertz CT molecular complexity index is 296. The van der Waals surface area contributed by atoms with Crippen molar-refractivity contribution >= 4 is 5.97 Å². The molecule has 1 heterocycles. The predicted molar refractivity (Wildman–Crippen MR) is 45.0 cm³/mol. The standard InChI is InChI=1S/C7H12N4O2/c1-2-11-6(9-4-10-11)3-5(8)7(12)13/h4-5H,2-3,8H2,1H3,(H,12,13)/t5-/m0/s1. The number of nitrogens with zero attached hydrogens (tertiary/aromatic N) is 3. The number of aromatic nitrogens is 3. The van der Waals surface area contributed by atoms with E-state index in [-0.39, 0.29) is 6.42 Å². The first-order chi connectivity index (χ1) is 6.15. The van der Waals surface area contributed by atoms with Crippen molar-refractivity contribution in [3.05, 3.63) is 12.2 Å². The van der Waals surface area contributed by atoms with Gasteiger partial charge in [0, 0.05) is 13.0 Å². The predicted octanol–water partition coefficient (Wildman–Crippen LogP) is -0.748. The molecule has 72 valence electrons. The maximum atomic E-state index is 10.4. The van der Waals surface area contributed by atoms with Crippen molar-refractivity contribution in [1.82, 2.24) is 14.8 Å². The highest BCUT2D eigenvalue weighted by molar-refractivity contribution is 5.73. The third-order valence-corrected chi connectivity index (χ3v) is 1.71. The van der Waals surface area contributed by atoms with E-state index in [1.54, 1.807) is 4.68 Å². The van der Waals surface area contributed by atoms with Gasteiger partial charge in [0.05, 0.1) is 0 Å². The molecular formula is C7H12N4O2. The highest BCUT2D eigenvalue weighted by atomic mass is 16.4. The molecular weight excluding hydrogens is 172 g/mol. The van der Waals surface area contributed by atoms with Crippen molar-refractivity contribution in [2.24, 2.45) is 5.73 Å². The van der Waals surface area contributed by atoms with E-state index in [1.165, 1.54) is 6.33 Å². The maximum absolute atomic E-state index is 10.4. The van der Waals surface area contributed by atoms with E-state index in [9.17, 15) is 4.79 Å². The highest BCUT2D eigenvalue weighted by Gasteiger charge is 2.15. The Hall–Kier alpha value is -1.43. The molecule has 0 amide bonds. The number of nitrogens with two attached hydrogens (primary N) is 1. The molecule has 0 fully saturated rings. The molecule has 6 nitrogen and oxygen atoms in total. The number of aryl methyl sites for hydroxylation is 1. The third-order valence-electron chi connectivity index (χ3n) is 1.71. The average Bonchev–Trinajstić information content (AvgIpc) is 2.51. The topological polar surface area (TPSA) is 94.0 Å². The Labute approximate surface area is 75.4 Å². The summed E-state index contributed by atoms with van der Waals surface area (Å²) >= 11 is 0. The SMILES string of the molecule is CCn1ncnc1C[C@H](N)C(=O)O. The van der Waals surface area contributed by atoms with Crippen LogP contribution in [0.2, 0.25) is 0 Å². The molecule has 0 aliphatic heterocycles. The average molecular weight is 184 g/mol. The lowest BCUT2D eigenvalue weighted by atomic mass is 10.2. The zero-order valence-corrected chi connectivity index (χ0v) is 7.34. The molecule has 0 radical (unpaired) electrons. The molecule has 1 aromatic rings. The Morgan fingerprint density at radius 1 is 1.85 bits per heavy atom. The first-order valence-corrected chi connectivity index (χ1v) is 4.00. The molecule has 6 heteroatoms. The van der Waals surface area contributed by atoms with Gasteiger partial charge in [0.25, 0.3) is 0 Å². The second kappa shape index (κ2) is 3.99. The summed E-state index contributed by atoms with van der Waals surface area (Å²) in [7, 11) is 0. The number of carboxylic acids is 1. The van der Waals surface area contributed by atoms with Crippen LogP contribution in [0.15, 0.2) is 6.33 Å². The molecule has 0 unspecified atom stereocenters. The second-order valence-electron chi connectivity index (χ2n) is 2.64. The molecule has 0 aromatic carbocycles. The van der Waals surface area contributed by atoms with Crippen molar-refractivity contribution in [3.8, 4) is 0 Å². The van der Waals surface area contributed by atoms with Crippen LogP contribution < -0.4 is 5.73 Å². The molecule has 1 atom stereocenters. The molecule has 1 aromatic heterocycles. The van der Waals surface area contributed by atoms with E-state index in [1.807, 2.05) is 6.92 Å². The fraction of sp³-hybridized carbons (Fsp3) is 0.571. The van der Waals surface area contributed by atoms with Crippen molar-refractivity contribution in [1.29, 1.82) is 0 Å². The number of rotatable bonds is 4. The minimum absolute atomic E-state index is 0.211. The Morgan fingerprint density at radius 3 is 3.08 bits per heavy atom. The van der Waals surface area contributed by atoms with Gasteiger partial charge in [0.1, 0.15) is 18.2 Å².